The second-order valence-corrected chi connectivity index (χ2v) is 6.74. The molecule has 0 aliphatic carbocycles. The van der Waals surface area contributed by atoms with Crippen LogP contribution in [0.4, 0.5) is 0 Å². The molecule has 2 aromatic carbocycles. The van der Waals surface area contributed by atoms with E-state index in [1.165, 1.54) is 6.21 Å². The molecule has 132 valence electrons. The number of carbonyl (C=O) groups excluding carboxylic acids is 1. The fourth-order valence-corrected chi connectivity index (χ4v) is 2.62. The van der Waals surface area contributed by atoms with Crippen LogP contribution in [-0.2, 0) is 0 Å². The Bertz CT molecular complexity index is 764. The van der Waals surface area contributed by atoms with E-state index in [-0.39, 0.29) is 5.91 Å². The molecule has 1 N–H and O–H groups in total. The van der Waals surface area contributed by atoms with E-state index in [9.17, 15) is 4.79 Å². The number of hydrogen-bond acceptors (Lipinski definition) is 4. The van der Waals surface area contributed by atoms with Crippen LogP contribution in [0.25, 0.3) is 0 Å². The average Bonchev–Trinajstić information content (AvgIpc) is 2.61. The first kappa shape index (κ1) is 19.5. The van der Waals surface area contributed by atoms with Crippen LogP contribution in [0.1, 0.15) is 29.3 Å². The molecular formula is C18H18ClIN2O3. The molecule has 25 heavy (non-hydrogen) atoms. The van der Waals surface area contributed by atoms with E-state index < -0.39 is 0 Å². The maximum Gasteiger partial charge on any atom is 0.271 e. The molecule has 2 rings (SSSR count). The summed E-state index contributed by atoms with van der Waals surface area (Å²) in [4.78, 5) is 12.0. The lowest BCUT2D eigenvalue weighted by molar-refractivity contribution is 0.0955. The fraction of sp³-hybridized carbons (Fsp3) is 0.222. The van der Waals surface area contributed by atoms with Gasteiger partial charge >= 0.3 is 0 Å². The van der Waals surface area contributed by atoms with Gasteiger partial charge < -0.3 is 9.47 Å². The number of ether oxygens (including phenoxy) is 2. The normalized spacial score (nSPS) is 10.7. The molecule has 0 aliphatic rings. The predicted molar refractivity (Wildman–Crippen MR) is 108 cm³/mol. The minimum Gasteiger partial charge on any atom is -0.493 e. The van der Waals surface area contributed by atoms with Gasteiger partial charge in [-0.05, 0) is 71.0 Å². The van der Waals surface area contributed by atoms with E-state index >= 15 is 0 Å². The van der Waals surface area contributed by atoms with Crippen molar-refractivity contribution in [2.45, 2.75) is 13.3 Å². The average molecular weight is 473 g/mol. The Morgan fingerprint density at radius 3 is 2.68 bits per heavy atom. The molecule has 0 saturated heterocycles. The molecule has 2 aromatic rings. The van der Waals surface area contributed by atoms with Crippen molar-refractivity contribution < 1.29 is 14.3 Å². The van der Waals surface area contributed by atoms with Crippen molar-refractivity contribution in [3.8, 4) is 11.5 Å². The van der Waals surface area contributed by atoms with Crippen molar-refractivity contribution in [2.24, 2.45) is 5.10 Å². The number of methoxy groups -OCH3 is 1. The minimum atomic E-state index is -0.284. The number of rotatable bonds is 7. The number of carbonyl (C=O) groups is 1. The van der Waals surface area contributed by atoms with Crippen molar-refractivity contribution in [3.63, 3.8) is 0 Å². The summed E-state index contributed by atoms with van der Waals surface area (Å²) in [5.41, 5.74) is 3.71. The predicted octanol–water partition coefficient (Wildman–Crippen LogP) is 4.51. The van der Waals surface area contributed by atoms with E-state index in [1.54, 1.807) is 31.4 Å². The third-order valence-electron chi connectivity index (χ3n) is 3.19. The van der Waals surface area contributed by atoms with E-state index in [0.717, 1.165) is 9.99 Å². The van der Waals surface area contributed by atoms with E-state index in [0.29, 0.717) is 34.3 Å². The Labute approximate surface area is 165 Å². The standard InChI is InChI=1S/C18H18ClIN2O3/c1-3-8-25-17-15(19)9-12(10-16(17)24-2)11-21-22-18(23)13-4-6-14(20)7-5-13/h4-7,9-11H,3,8H2,1-2H3,(H,22,23)/b21-11-. The molecule has 0 saturated carbocycles. The molecule has 7 heteroatoms. The van der Waals surface area contributed by atoms with Gasteiger partial charge in [-0.25, -0.2) is 5.43 Å². The van der Waals surface area contributed by atoms with Crippen molar-refractivity contribution in [1.82, 2.24) is 5.43 Å². The molecule has 0 radical (unpaired) electrons. The second kappa shape index (κ2) is 9.62. The highest BCUT2D eigenvalue weighted by Crippen LogP contribution is 2.36. The van der Waals surface area contributed by atoms with Gasteiger partial charge in [0.05, 0.1) is 25.0 Å². The molecule has 0 atom stereocenters. The highest BCUT2D eigenvalue weighted by molar-refractivity contribution is 14.1. The van der Waals surface area contributed by atoms with Gasteiger partial charge in [-0.2, -0.15) is 5.10 Å². The monoisotopic (exact) mass is 472 g/mol. The fourth-order valence-electron chi connectivity index (χ4n) is 1.99. The molecule has 0 spiro atoms. The van der Waals surface area contributed by atoms with Crippen LogP contribution >= 0.6 is 34.2 Å². The summed E-state index contributed by atoms with van der Waals surface area (Å²) in [6.45, 7) is 2.56. The Morgan fingerprint density at radius 2 is 2.04 bits per heavy atom. The van der Waals surface area contributed by atoms with Crippen molar-refractivity contribution >= 4 is 46.3 Å². The van der Waals surface area contributed by atoms with Gasteiger partial charge in [0.2, 0.25) is 0 Å². The van der Waals surface area contributed by atoms with Crippen LogP contribution in [0.5, 0.6) is 11.5 Å². The maximum absolute atomic E-state index is 12.0. The molecule has 5 nitrogen and oxygen atoms in total. The third kappa shape index (κ3) is 5.61. The zero-order valence-electron chi connectivity index (χ0n) is 13.9. The van der Waals surface area contributed by atoms with Gasteiger partial charge in [-0.3, -0.25) is 4.79 Å². The molecule has 0 bridgehead atoms. The SMILES string of the molecule is CCCOc1c(Cl)cc(/C=N\NC(=O)c2ccc(I)cc2)cc1OC. The largest absolute Gasteiger partial charge is 0.493 e. The first-order valence-corrected chi connectivity index (χ1v) is 9.10. The summed E-state index contributed by atoms with van der Waals surface area (Å²) >= 11 is 8.43. The first-order valence-electron chi connectivity index (χ1n) is 7.64. The molecule has 1 amide bonds. The van der Waals surface area contributed by atoms with E-state index in [2.05, 4.69) is 33.1 Å². The number of halogens is 2. The van der Waals surface area contributed by atoms with Gasteiger partial charge in [0.15, 0.2) is 11.5 Å². The highest BCUT2D eigenvalue weighted by atomic mass is 127. The molecular weight excluding hydrogens is 455 g/mol. The summed E-state index contributed by atoms with van der Waals surface area (Å²) in [7, 11) is 1.55. The van der Waals surface area contributed by atoms with Crippen LogP contribution in [0.2, 0.25) is 5.02 Å². The number of hydrogen-bond donors (Lipinski definition) is 1. The minimum absolute atomic E-state index is 0.284. The Kier molecular flexibility index (Phi) is 7.52. The van der Waals surface area contributed by atoms with Gasteiger partial charge in [0.1, 0.15) is 0 Å². The lowest BCUT2D eigenvalue weighted by Crippen LogP contribution is -2.17. The third-order valence-corrected chi connectivity index (χ3v) is 4.19. The maximum atomic E-state index is 12.0. The van der Waals surface area contributed by atoms with Crippen LogP contribution in [0, 0.1) is 3.57 Å². The summed E-state index contributed by atoms with van der Waals surface area (Å²) in [6, 6.07) is 10.7. The first-order chi connectivity index (χ1) is 12.0. The molecule has 0 fully saturated rings. The number of nitrogens with one attached hydrogen (secondary N) is 1. The quantitative estimate of drug-likeness (QED) is 0.367. The number of nitrogens with zero attached hydrogens (tertiary/aromatic N) is 1. The van der Waals surface area contributed by atoms with Crippen LogP contribution in [0.3, 0.4) is 0 Å². The van der Waals surface area contributed by atoms with Gasteiger partial charge in [-0.1, -0.05) is 18.5 Å². The number of amides is 1. The van der Waals surface area contributed by atoms with Gasteiger partial charge in [-0.15, -0.1) is 0 Å². The summed E-state index contributed by atoms with van der Waals surface area (Å²) in [5.74, 6) is 0.742. The van der Waals surface area contributed by atoms with Gasteiger partial charge in [0.25, 0.3) is 5.91 Å². The Morgan fingerprint density at radius 1 is 1.32 bits per heavy atom. The second-order valence-electron chi connectivity index (χ2n) is 5.09. The van der Waals surface area contributed by atoms with Crippen molar-refractivity contribution in [3.05, 3.63) is 56.1 Å². The van der Waals surface area contributed by atoms with Crippen molar-refractivity contribution in [1.29, 1.82) is 0 Å². The smallest absolute Gasteiger partial charge is 0.271 e. The molecule has 0 unspecified atom stereocenters. The van der Waals surface area contributed by atoms with Crippen LogP contribution in [0.15, 0.2) is 41.5 Å². The zero-order valence-corrected chi connectivity index (χ0v) is 16.8. The van der Waals surface area contributed by atoms with Crippen molar-refractivity contribution in [2.75, 3.05) is 13.7 Å². The summed E-state index contributed by atoms with van der Waals surface area (Å²) in [6.07, 6.45) is 2.37. The van der Waals surface area contributed by atoms with Crippen LogP contribution < -0.4 is 14.9 Å². The lowest BCUT2D eigenvalue weighted by Gasteiger charge is -2.12. The lowest BCUT2D eigenvalue weighted by atomic mass is 10.2. The van der Waals surface area contributed by atoms with Gasteiger partial charge in [0, 0.05) is 9.13 Å². The summed E-state index contributed by atoms with van der Waals surface area (Å²) < 4.78 is 12.0. The van der Waals surface area contributed by atoms with E-state index in [1.807, 2.05) is 19.1 Å². The topological polar surface area (TPSA) is 59.9 Å². The number of hydrazone groups is 1. The highest BCUT2D eigenvalue weighted by Gasteiger charge is 2.11. The summed E-state index contributed by atoms with van der Waals surface area (Å²) in [5, 5.41) is 4.40. The number of benzene rings is 2. The molecule has 0 aromatic heterocycles. The van der Waals surface area contributed by atoms with Crippen LogP contribution in [-0.4, -0.2) is 25.8 Å². The molecule has 0 heterocycles. The Balaban J connectivity index is 2.08. The van der Waals surface area contributed by atoms with E-state index in [4.69, 9.17) is 21.1 Å². The zero-order chi connectivity index (χ0) is 18.2. The molecule has 0 aliphatic heterocycles. The Hall–Kier alpha value is -1.80.